The average molecular weight is 299 g/mol. The van der Waals surface area contributed by atoms with Gasteiger partial charge in [-0.15, -0.1) is 0 Å². The normalized spacial score (nSPS) is 16.8. The van der Waals surface area contributed by atoms with Crippen molar-refractivity contribution in [3.05, 3.63) is 48.0 Å². The molecule has 0 bridgehead atoms. The Bertz CT molecular complexity index is 639. The largest absolute Gasteiger partial charge is 0.508 e. The Morgan fingerprint density at radius 3 is 2.68 bits per heavy atom. The highest BCUT2D eigenvalue weighted by molar-refractivity contribution is 5.62. The molecule has 4 nitrogen and oxygen atoms in total. The first-order valence-corrected chi connectivity index (χ1v) is 7.57. The molecule has 3 rings (SSSR count). The Kier molecular flexibility index (Phi) is 4.09. The van der Waals surface area contributed by atoms with Gasteiger partial charge in [-0.05, 0) is 36.8 Å². The van der Waals surface area contributed by atoms with Gasteiger partial charge in [0.2, 0.25) is 0 Å². The van der Waals surface area contributed by atoms with Crippen LogP contribution >= 0.6 is 0 Å². The molecule has 116 valence electrons. The minimum Gasteiger partial charge on any atom is -0.508 e. The molecular formula is C18H21NO3. The number of ether oxygens (including phenoxy) is 2. The first-order valence-electron chi connectivity index (χ1n) is 7.57. The van der Waals surface area contributed by atoms with E-state index in [4.69, 9.17) is 9.47 Å². The Morgan fingerprint density at radius 1 is 1.23 bits per heavy atom. The maximum atomic E-state index is 9.67. The van der Waals surface area contributed by atoms with Gasteiger partial charge >= 0.3 is 0 Å². The van der Waals surface area contributed by atoms with Gasteiger partial charge in [-0.3, -0.25) is 0 Å². The highest BCUT2D eigenvalue weighted by Crippen LogP contribution is 2.36. The fourth-order valence-electron chi connectivity index (χ4n) is 2.85. The van der Waals surface area contributed by atoms with E-state index in [0.29, 0.717) is 0 Å². The third-order valence-corrected chi connectivity index (χ3v) is 4.01. The first kappa shape index (κ1) is 14.6. The summed E-state index contributed by atoms with van der Waals surface area (Å²) in [5.41, 5.74) is 2.26. The van der Waals surface area contributed by atoms with Gasteiger partial charge in [0.1, 0.15) is 23.4 Å². The number of rotatable bonds is 4. The van der Waals surface area contributed by atoms with Crippen LogP contribution in [0.2, 0.25) is 0 Å². The van der Waals surface area contributed by atoms with E-state index in [9.17, 15) is 5.11 Å². The van der Waals surface area contributed by atoms with E-state index < -0.39 is 0 Å². The molecule has 22 heavy (non-hydrogen) atoms. The molecule has 1 N–H and O–H groups in total. The molecule has 0 amide bonds. The Morgan fingerprint density at radius 2 is 2.00 bits per heavy atom. The number of anilines is 1. The van der Waals surface area contributed by atoms with Gasteiger partial charge in [0.25, 0.3) is 0 Å². The summed E-state index contributed by atoms with van der Waals surface area (Å²) in [7, 11) is 1.67. The summed E-state index contributed by atoms with van der Waals surface area (Å²) in [5, 5.41) is 9.67. The minimum atomic E-state index is 0.0719. The lowest BCUT2D eigenvalue weighted by molar-refractivity contribution is 0.193. The molecule has 0 fully saturated rings. The summed E-state index contributed by atoms with van der Waals surface area (Å²) in [6, 6.07) is 13.4. The van der Waals surface area contributed by atoms with Crippen molar-refractivity contribution in [3.63, 3.8) is 0 Å². The molecule has 0 saturated heterocycles. The number of benzene rings is 2. The molecule has 0 aliphatic carbocycles. The van der Waals surface area contributed by atoms with Crippen LogP contribution in [-0.4, -0.2) is 31.4 Å². The van der Waals surface area contributed by atoms with Crippen molar-refractivity contribution in [2.45, 2.75) is 19.4 Å². The second-order valence-corrected chi connectivity index (χ2v) is 5.48. The molecule has 4 heteroatoms. The molecule has 1 atom stereocenters. The number of likely N-dealkylation sites (N-methyl/N-ethyl adjacent to an activating group) is 1. The minimum absolute atomic E-state index is 0.0719. The van der Waals surface area contributed by atoms with Gasteiger partial charge in [0.05, 0.1) is 19.3 Å². The predicted molar refractivity (Wildman–Crippen MR) is 87.1 cm³/mol. The smallest absolute Gasteiger partial charge is 0.146 e. The summed E-state index contributed by atoms with van der Waals surface area (Å²) in [6.45, 7) is 3.90. The van der Waals surface area contributed by atoms with Gasteiger partial charge in [0.15, 0.2) is 0 Å². The monoisotopic (exact) mass is 299 g/mol. The number of phenols is 1. The third-order valence-electron chi connectivity index (χ3n) is 4.01. The van der Waals surface area contributed by atoms with E-state index in [-0.39, 0.29) is 11.9 Å². The van der Waals surface area contributed by atoms with Crippen molar-refractivity contribution in [1.29, 1.82) is 0 Å². The standard InChI is InChI=1S/C18H21NO3/c1-3-19-12-16(10-13-4-7-15(21-2)8-5-13)22-18-11-14(20)6-9-17(18)19/h4-9,11,16,20H,3,10,12H2,1-2H3. The average Bonchev–Trinajstić information content (AvgIpc) is 2.54. The lowest BCUT2D eigenvalue weighted by atomic mass is 10.1. The third kappa shape index (κ3) is 2.96. The van der Waals surface area contributed by atoms with Crippen LogP contribution in [0.1, 0.15) is 12.5 Å². The van der Waals surface area contributed by atoms with E-state index in [1.54, 1.807) is 19.2 Å². The van der Waals surface area contributed by atoms with Gasteiger partial charge in [0, 0.05) is 19.0 Å². The highest BCUT2D eigenvalue weighted by Gasteiger charge is 2.25. The van der Waals surface area contributed by atoms with Crippen molar-refractivity contribution in [3.8, 4) is 17.2 Å². The number of fused-ring (bicyclic) bond motifs is 1. The van der Waals surface area contributed by atoms with Crippen molar-refractivity contribution in [2.75, 3.05) is 25.1 Å². The lowest BCUT2D eigenvalue weighted by Crippen LogP contribution is -2.41. The van der Waals surface area contributed by atoms with E-state index in [2.05, 4.69) is 24.0 Å². The van der Waals surface area contributed by atoms with Crippen molar-refractivity contribution >= 4 is 5.69 Å². The Labute approximate surface area is 130 Å². The zero-order chi connectivity index (χ0) is 15.5. The predicted octanol–water partition coefficient (Wildman–Crippen LogP) is 3.23. The van der Waals surface area contributed by atoms with Crippen LogP contribution < -0.4 is 14.4 Å². The maximum absolute atomic E-state index is 9.67. The van der Waals surface area contributed by atoms with Gasteiger partial charge < -0.3 is 19.5 Å². The molecule has 2 aromatic rings. The van der Waals surface area contributed by atoms with Crippen LogP contribution in [0.3, 0.4) is 0 Å². The van der Waals surface area contributed by atoms with Crippen LogP contribution in [0.5, 0.6) is 17.2 Å². The number of phenolic OH excluding ortho intramolecular Hbond substituents is 1. The maximum Gasteiger partial charge on any atom is 0.146 e. The van der Waals surface area contributed by atoms with Crippen LogP contribution in [0, 0.1) is 0 Å². The molecule has 0 radical (unpaired) electrons. The molecule has 0 spiro atoms. The quantitative estimate of drug-likeness (QED) is 0.941. The number of methoxy groups -OCH3 is 1. The topological polar surface area (TPSA) is 41.9 Å². The number of aromatic hydroxyl groups is 1. The lowest BCUT2D eigenvalue weighted by Gasteiger charge is -2.35. The van der Waals surface area contributed by atoms with E-state index in [1.807, 2.05) is 18.2 Å². The second kappa shape index (κ2) is 6.18. The van der Waals surface area contributed by atoms with Gasteiger partial charge in [-0.1, -0.05) is 12.1 Å². The summed E-state index contributed by atoms with van der Waals surface area (Å²) >= 11 is 0. The van der Waals surface area contributed by atoms with E-state index in [0.717, 1.165) is 36.7 Å². The summed E-state index contributed by atoms with van der Waals surface area (Å²) in [6.07, 6.45) is 0.901. The zero-order valence-electron chi connectivity index (χ0n) is 13.0. The van der Waals surface area contributed by atoms with Gasteiger partial charge in [-0.2, -0.15) is 0 Å². The van der Waals surface area contributed by atoms with E-state index in [1.165, 1.54) is 5.56 Å². The fraction of sp³-hybridized carbons (Fsp3) is 0.333. The van der Waals surface area contributed by atoms with Gasteiger partial charge in [-0.25, -0.2) is 0 Å². The second-order valence-electron chi connectivity index (χ2n) is 5.48. The molecule has 1 heterocycles. The summed E-state index contributed by atoms with van der Waals surface area (Å²) < 4.78 is 11.3. The molecule has 2 aromatic carbocycles. The molecule has 1 aliphatic heterocycles. The molecule has 0 saturated carbocycles. The Hall–Kier alpha value is -2.36. The number of hydrogen-bond donors (Lipinski definition) is 1. The van der Waals surface area contributed by atoms with Crippen LogP contribution in [0.25, 0.3) is 0 Å². The summed E-state index contributed by atoms with van der Waals surface area (Å²) in [5.74, 6) is 1.85. The molecule has 0 aromatic heterocycles. The first-order chi connectivity index (χ1) is 10.7. The summed E-state index contributed by atoms with van der Waals surface area (Å²) in [4.78, 5) is 2.28. The molecule has 1 unspecified atom stereocenters. The highest BCUT2D eigenvalue weighted by atomic mass is 16.5. The van der Waals surface area contributed by atoms with E-state index >= 15 is 0 Å². The fourth-order valence-corrected chi connectivity index (χ4v) is 2.85. The molecule has 1 aliphatic rings. The SMILES string of the molecule is CCN1CC(Cc2ccc(OC)cc2)Oc2cc(O)ccc21. The van der Waals surface area contributed by atoms with Crippen LogP contribution in [0.15, 0.2) is 42.5 Å². The Balaban J connectivity index is 1.78. The zero-order valence-corrected chi connectivity index (χ0v) is 13.0. The molecular weight excluding hydrogens is 278 g/mol. The number of hydrogen-bond acceptors (Lipinski definition) is 4. The van der Waals surface area contributed by atoms with Crippen LogP contribution in [-0.2, 0) is 6.42 Å². The van der Waals surface area contributed by atoms with Crippen LogP contribution in [0.4, 0.5) is 5.69 Å². The van der Waals surface area contributed by atoms with Crippen molar-refractivity contribution in [1.82, 2.24) is 0 Å². The van der Waals surface area contributed by atoms with Crippen molar-refractivity contribution < 1.29 is 14.6 Å². The van der Waals surface area contributed by atoms with Crippen molar-refractivity contribution in [2.24, 2.45) is 0 Å². The number of nitrogens with zero attached hydrogens (tertiary/aromatic N) is 1.